The molecule has 0 spiro atoms. The molecule has 0 saturated heterocycles. The van der Waals surface area contributed by atoms with Gasteiger partial charge in [0.25, 0.3) is 0 Å². The minimum absolute atomic E-state index is 0.386. The van der Waals surface area contributed by atoms with Crippen LogP contribution in [0.2, 0.25) is 0 Å². The van der Waals surface area contributed by atoms with Crippen LogP contribution in [0.4, 0.5) is 4.39 Å². The van der Waals surface area contributed by atoms with E-state index in [0.29, 0.717) is 46.2 Å². The van der Waals surface area contributed by atoms with Gasteiger partial charge in [-0.2, -0.15) is 0 Å². The standard InChI is InChI=1S/C60H37FN8/c61-49-35-43(60-66-57(40-21-9-3-10-22-40)63-58(67-60)41-23-11-4-12-24-41)31-34-52(49)69-51-28-16-14-26-46(51)48-36-47-45-25-13-15-27-50(45)68(53(47)37-54(48)69)44-32-29-42(30-33-44)59-64-55(38-17-5-1-6-18-38)62-56(65-59)39-19-7-2-8-20-39/h1-37H. The monoisotopic (exact) mass is 888 g/mol. The molecule has 0 amide bonds. The van der Waals surface area contributed by atoms with Crippen LogP contribution in [0.3, 0.4) is 0 Å². The summed E-state index contributed by atoms with van der Waals surface area (Å²) < 4.78 is 21.4. The fraction of sp³-hybridized carbons (Fsp3) is 0. The van der Waals surface area contributed by atoms with Gasteiger partial charge in [0.05, 0.1) is 27.8 Å². The largest absolute Gasteiger partial charge is 0.309 e. The van der Waals surface area contributed by atoms with Gasteiger partial charge in [-0.15, -0.1) is 0 Å². The van der Waals surface area contributed by atoms with Crippen LogP contribution in [0.25, 0.3) is 123 Å². The number of para-hydroxylation sites is 2. The molecule has 13 rings (SSSR count). The van der Waals surface area contributed by atoms with Crippen molar-refractivity contribution in [3.63, 3.8) is 0 Å². The number of rotatable bonds is 8. The van der Waals surface area contributed by atoms with E-state index in [4.69, 9.17) is 29.9 Å². The Morgan fingerprint density at radius 1 is 0.261 bits per heavy atom. The topological polar surface area (TPSA) is 87.2 Å². The molecule has 0 unspecified atom stereocenters. The summed E-state index contributed by atoms with van der Waals surface area (Å²) in [7, 11) is 0. The smallest absolute Gasteiger partial charge is 0.164 e. The van der Waals surface area contributed by atoms with E-state index in [-0.39, 0.29) is 0 Å². The van der Waals surface area contributed by atoms with Crippen molar-refractivity contribution in [1.82, 2.24) is 39.0 Å². The SMILES string of the molecule is Fc1cc(-c2nc(-c3ccccc3)nc(-c3ccccc3)n2)ccc1-n1c2ccccc2c2cc3c4ccccc4n(-c4ccc(-c5nc(-c6ccccc6)nc(-c6ccccc6)n5)cc4)c3cc21. The Balaban J connectivity index is 0.949. The first-order valence-electron chi connectivity index (χ1n) is 22.7. The molecule has 0 aliphatic heterocycles. The number of benzene rings is 9. The first-order chi connectivity index (χ1) is 34.1. The minimum Gasteiger partial charge on any atom is -0.309 e. The summed E-state index contributed by atoms with van der Waals surface area (Å²) in [6, 6.07) is 74.3. The zero-order chi connectivity index (χ0) is 45.8. The summed E-state index contributed by atoms with van der Waals surface area (Å²) in [5, 5.41) is 4.26. The van der Waals surface area contributed by atoms with Crippen molar-refractivity contribution < 1.29 is 4.39 Å². The molecule has 0 aliphatic rings. The molecule has 0 bridgehead atoms. The molecular weight excluding hydrogens is 852 g/mol. The van der Waals surface area contributed by atoms with Crippen LogP contribution in [0.1, 0.15) is 0 Å². The lowest BCUT2D eigenvalue weighted by molar-refractivity contribution is 0.621. The van der Waals surface area contributed by atoms with Crippen molar-refractivity contribution in [2.24, 2.45) is 0 Å². The van der Waals surface area contributed by atoms with Crippen LogP contribution in [0.15, 0.2) is 224 Å². The number of hydrogen-bond donors (Lipinski definition) is 0. The summed E-state index contributed by atoms with van der Waals surface area (Å²) in [4.78, 5) is 29.4. The Labute approximate surface area is 395 Å². The lowest BCUT2D eigenvalue weighted by atomic mass is 10.1. The minimum atomic E-state index is -0.404. The van der Waals surface area contributed by atoms with Crippen LogP contribution >= 0.6 is 0 Å². The van der Waals surface area contributed by atoms with Crippen molar-refractivity contribution in [3.8, 4) is 79.7 Å². The zero-order valence-corrected chi connectivity index (χ0v) is 36.8. The molecule has 69 heavy (non-hydrogen) atoms. The second kappa shape index (κ2) is 16.4. The Hall–Kier alpha value is -9.47. The van der Waals surface area contributed by atoms with Gasteiger partial charge in [0.2, 0.25) is 0 Å². The molecular formula is C60H37FN8. The predicted octanol–water partition coefficient (Wildman–Crippen LogP) is 14.4. The third kappa shape index (κ3) is 6.99. The second-order valence-corrected chi connectivity index (χ2v) is 16.9. The predicted molar refractivity (Wildman–Crippen MR) is 274 cm³/mol. The van der Waals surface area contributed by atoms with E-state index in [0.717, 1.165) is 77.1 Å². The molecule has 9 heteroatoms. The van der Waals surface area contributed by atoms with E-state index < -0.39 is 5.82 Å². The van der Waals surface area contributed by atoms with Gasteiger partial charge in [-0.05, 0) is 66.7 Å². The molecule has 0 saturated carbocycles. The molecule has 0 atom stereocenters. The maximum atomic E-state index is 17.1. The first-order valence-corrected chi connectivity index (χ1v) is 22.7. The van der Waals surface area contributed by atoms with Crippen LogP contribution in [0.5, 0.6) is 0 Å². The molecule has 0 N–H and O–H groups in total. The Morgan fingerprint density at radius 2 is 0.609 bits per heavy atom. The van der Waals surface area contributed by atoms with Crippen LogP contribution in [-0.2, 0) is 0 Å². The van der Waals surface area contributed by atoms with E-state index in [1.165, 1.54) is 6.07 Å². The second-order valence-electron chi connectivity index (χ2n) is 16.9. The Morgan fingerprint density at radius 3 is 1.04 bits per heavy atom. The van der Waals surface area contributed by atoms with Crippen molar-refractivity contribution in [1.29, 1.82) is 0 Å². The van der Waals surface area contributed by atoms with Gasteiger partial charge in [-0.25, -0.2) is 34.3 Å². The lowest BCUT2D eigenvalue weighted by Crippen LogP contribution is -2.02. The molecule has 4 aromatic heterocycles. The van der Waals surface area contributed by atoms with Crippen molar-refractivity contribution in [3.05, 3.63) is 230 Å². The van der Waals surface area contributed by atoms with E-state index >= 15 is 4.39 Å². The van der Waals surface area contributed by atoms with Gasteiger partial charge in [0.1, 0.15) is 5.82 Å². The van der Waals surface area contributed by atoms with Crippen molar-refractivity contribution >= 4 is 43.6 Å². The fourth-order valence-electron chi connectivity index (χ4n) is 9.43. The van der Waals surface area contributed by atoms with Gasteiger partial charge in [0, 0.05) is 60.6 Å². The third-order valence-electron chi connectivity index (χ3n) is 12.7. The van der Waals surface area contributed by atoms with Gasteiger partial charge in [-0.3, -0.25) is 0 Å². The highest BCUT2D eigenvalue weighted by molar-refractivity contribution is 6.19. The molecule has 13 aromatic rings. The summed E-state index contributed by atoms with van der Waals surface area (Å²) in [5.74, 6) is 2.81. The molecule has 0 fully saturated rings. The zero-order valence-electron chi connectivity index (χ0n) is 36.8. The van der Waals surface area contributed by atoms with Crippen LogP contribution < -0.4 is 0 Å². The van der Waals surface area contributed by atoms with Gasteiger partial charge < -0.3 is 9.13 Å². The summed E-state index contributed by atoms with van der Waals surface area (Å²) in [5.41, 5.74) is 10.1. The molecule has 0 aliphatic carbocycles. The van der Waals surface area contributed by atoms with Crippen molar-refractivity contribution in [2.75, 3.05) is 0 Å². The van der Waals surface area contributed by atoms with Crippen LogP contribution in [0, 0.1) is 5.82 Å². The average Bonchev–Trinajstić information content (AvgIpc) is 3.92. The number of aromatic nitrogens is 8. The third-order valence-corrected chi connectivity index (χ3v) is 12.7. The quantitative estimate of drug-likeness (QED) is 0.151. The first kappa shape index (κ1) is 39.9. The van der Waals surface area contributed by atoms with E-state index in [1.54, 1.807) is 0 Å². The maximum Gasteiger partial charge on any atom is 0.164 e. The number of nitrogens with zero attached hydrogens (tertiary/aromatic N) is 8. The van der Waals surface area contributed by atoms with E-state index in [2.05, 4.69) is 77.4 Å². The van der Waals surface area contributed by atoms with E-state index in [9.17, 15) is 0 Å². The van der Waals surface area contributed by atoms with Gasteiger partial charge in [0.15, 0.2) is 34.9 Å². The van der Waals surface area contributed by atoms with Gasteiger partial charge in [-0.1, -0.05) is 158 Å². The molecule has 324 valence electrons. The van der Waals surface area contributed by atoms with E-state index in [1.807, 2.05) is 150 Å². The highest BCUT2D eigenvalue weighted by Crippen LogP contribution is 2.41. The number of halogens is 1. The molecule has 9 aromatic carbocycles. The lowest BCUT2D eigenvalue weighted by Gasteiger charge is -2.13. The van der Waals surface area contributed by atoms with Gasteiger partial charge >= 0.3 is 0 Å². The fourth-order valence-corrected chi connectivity index (χ4v) is 9.43. The molecule has 8 nitrogen and oxygen atoms in total. The molecule has 0 radical (unpaired) electrons. The van der Waals surface area contributed by atoms with Crippen molar-refractivity contribution in [2.45, 2.75) is 0 Å². The average molecular weight is 889 g/mol. The Kier molecular flexibility index (Phi) is 9.50. The van der Waals surface area contributed by atoms with Crippen LogP contribution in [-0.4, -0.2) is 39.0 Å². The highest BCUT2D eigenvalue weighted by Gasteiger charge is 2.22. The normalized spacial score (nSPS) is 11.6. The molecule has 4 heterocycles. The summed E-state index contributed by atoms with van der Waals surface area (Å²) >= 11 is 0. The number of fused-ring (bicyclic) bond motifs is 6. The highest BCUT2D eigenvalue weighted by atomic mass is 19.1. The number of hydrogen-bond acceptors (Lipinski definition) is 6. The Bertz CT molecular complexity index is 3940. The summed E-state index contributed by atoms with van der Waals surface area (Å²) in [6.07, 6.45) is 0. The summed E-state index contributed by atoms with van der Waals surface area (Å²) in [6.45, 7) is 0. The maximum absolute atomic E-state index is 17.1.